The van der Waals surface area contributed by atoms with E-state index in [0.717, 1.165) is 83.7 Å². The number of hydrogen-bond donors (Lipinski definition) is 4. The molecule has 7 rings (SSSR count). The molecule has 9 nitrogen and oxygen atoms in total. The molecule has 0 aliphatic carbocycles. The van der Waals surface area contributed by atoms with Crippen molar-refractivity contribution in [3.05, 3.63) is 54.5 Å². The van der Waals surface area contributed by atoms with Gasteiger partial charge in [0.05, 0.1) is 35.0 Å². The molecule has 2 aliphatic rings. The minimum absolute atomic E-state index is 0.0800. The summed E-state index contributed by atoms with van der Waals surface area (Å²) in [7, 11) is 0. The van der Waals surface area contributed by atoms with Gasteiger partial charge < -0.3 is 20.5 Å². The van der Waals surface area contributed by atoms with Crippen molar-refractivity contribution < 1.29 is 4.79 Å². The predicted molar refractivity (Wildman–Crippen MR) is 164 cm³/mol. The van der Waals surface area contributed by atoms with Crippen LogP contribution >= 0.6 is 0 Å². The number of carbonyl (C=O) groups is 1. The van der Waals surface area contributed by atoms with Gasteiger partial charge >= 0.3 is 0 Å². The molecule has 4 aromatic heterocycles. The van der Waals surface area contributed by atoms with E-state index in [1.165, 1.54) is 30.3 Å². The Morgan fingerprint density at radius 3 is 2.68 bits per heavy atom. The van der Waals surface area contributed by atoms with Crippen LogP contribution in [0.2, 0.25) is 0 Å². The van der Waals surface area contributed by atoms with Gasteiger partial charge in [-0.05, 0) is 93.4 Å². The normalized spacial score (nSPS) is 16.5. The third-order valence-electron chi connectivity index (χ3n) is 8.53. The number of nitrogens with zero attached hydrogens (tertiary/aromatic N) is 4. The highest BCUT2D eigenvalue weighted by molar-refractivity contribution is 6.00. The molecule has 6 heterocycles. The van der Waals surface area contributed by atoms with E-state index < -0.39 is 0 Å². The molecule has 0 bridgehead atoms. The number of anilines is 2. The Kier molecular flexibility index (Phi) is 6.88. The van der Waals surface area contributed by atoms with E-state index in [4.69, 9.17) is 0 Å². The number of piperidine rings is 2. The Balaban J connectivity index is 1.19. The highest BCUT2D eigenvalue weighted by Gasteiger charge is 2.19. The molecule has 5 aromatic rings. The summed E-state index contributed by atoms with van der Waals surface area (Å²) in [6, 6.07) is 10.5. The number of pyridine rings is 2. The van der Waals surface area contributed by atoms with E-state index >= 15 is 0 Å². The van der Waals surface area contributed by atoms with Gasteiger partial charge in [0.25, 0.3) is 0 Å². The van der Waals surface area contributed by atoms with E-state index in [0.29, 0.717) is 18.0 Å². The van der Waals surface area contributed by atoms with Crippen LogP contribution in [0.1, 0.15) is 44.1 Å². The number of aromatic amines is 2. The van der Waals surface area contributed by atoms with Gasteiger partial charge in [0.1, 0.15) is 0 Å². The average molecular weight is 549 g/mol. The summed E-state index contributed by atoms with van der Waals surface area (Å²) in [6.45, 7) is 6.18. The Morgan fingerprint density at radius 2 is 1.83 bits per heavy atom. The van der Waals surface area contributed by atoms with Crippen molar-refractivity contribution >= 4 is 39.2 Å². The molecule has 4 N–H and O–H groups in total. The highest BCUT2D eigenvalue weighted by atomic mass is 16.1. The molecule has 1 aromatic carbocycles. The molecule has 2 fully saturated rings. The minimum Gasteiger partial charge on any atom is -0.370 e. The number of hydrogen-bond acceptors (Lipinski definition) is 6. The highest BCUT2D eigenvalue weighted by Crippen LogP contribution is 2.35. The predicted octanol–water partition coefficient (Wildman–Crippen LogP) is 5.80. The van der Waals surface area contributed by atoms with E-state index in [9.17, 15) is 4.79 Å². The number of nitrogens with one attached hydrogen (secondary N) is 4. The summed E-state index contributed by atoms with van der Waals surface area (Å²) >= 11 is 0. The Bertz CT molecular complexity index is 1710. The number of aryl methyl sites for hydroxylation is 1. The Hall–Kier alpha value is -4.24. The zero-order valence-electron chi connectivity index (χ0n) is 23.5. The summed E-state index contributed by atoms with van der Waals surface area (Å²) in [4.78, 5) is 28.0. The van der Waals surface area contributed by atoms with Gasteiger partial charge in [0, 0.05) is 47.7 Å². The van der Waals surface area contributed by atoms with Gasteiger partial charge in [0.15, 0.2) is 5.65 Å². The first-order valence-corrected chi connectivity index (χ1v) is 14.8. The van der Waals surface area contributed by atoms with E-state index in [1.807, 2.05) is 30.7 Å². The summed E-state index contributed by atoms with van der Waals surface area (Å²) in [5.74, 6) is 0.527. The SMILES string of the molecule is Cc1cc(NC(=O)CC2CCNCC2)cc(-c2cnc3n[nH]c(-c4cc5c(N6CCCCC6)cncc5[nH]4)c3c2)c1. The monoisotopic (exact) mass is 548 g/mol. The number of carbonyl (C=O) groups excluding carboxylic acids is 1. The summed E-state index contributed by atoms with van der Waals surface area (Å²) < 4.78 is 0. The molecule has 41 heavy (non-hydrogen) atoms. The smallest absolute Gasteiger partial charge is 0.224 e. The van der Waals surface area contributed by atoms with E-state index in [1.54, 1.807) is 0 Å². The van der Waals surface area contributed by atoms with Crippen molar-refractivity contribution in [1.82, 2.24) is 30.5 Å². The van der Waals surface area contributed by atoms with Gasteiger partial charge in [0.2, 0.25) is 5.91 Å². The Morgan fingerprint density at radius 1 is 0.976 bits per heavy atom. The van der Waals surface area contributed by atoms with Gasteiger partial charge in [-0.2, -0.15) is 5.10 Å². The van der Waals surface area contributed by atoms with E-state index in [-0.39, 0.29) is 5.91 Å². The fourth-order valence-electron chi connectivity index (χ4n) is 6.40. The van der Waals surface area contributed by atoms with Crippen molar-refractivity contribution in [3.8, 4) is 22.5 Å². The maximum absolute atomic E-state index is 12.8. The third kappa shape index (κ3) is 5.29. The number of H-pyrrole nitrogens is 2. The number of aromatic nitrogens is 5. The molecule has 210 valence electrons. The second kappa shape index (κ2) is 11.0. The number of amides is 1. The van der Waals surface area contributed by atoms with Gasteiger partial charge in [-0.25, -0.2) is 4.98 Å². The first-order chi connectivity index (χ1) is 20.1. The number of benzene rings is 1. The van der Waals surface area contributed by atoms with Crippen molar-refractivity contribution in [1.29, 1.82) is 0 Å². The maximum atomic E-state index is 12.8. The number of rotatable bonds is 6. The van der Waals surface area contributed by atoms with Crippen molar-refractivity contribution in [3.63, 3.8) is 0 Å². The molecule has 0 spiro atoms. The van der Waals surface area contributed by atoms with Crippen LogP contribution < -0.4 is 15.5 Å². The summed E-state index contributed by atoms with van der Waals surface area (Å²) in [5.41, 5.74) is 8.61. The van der Waals surface area contributed by atoms with Crippen LogP contribution in [0.4, 0.5) is 11.4 Å². The molecule has 0 atom stereocenters. The van der Waals surface area contributed by atoms with Gasteiger partial charge in [-0.15, -0.1) is 0 Å². The van der Waals surface area contributed by atoms with Crippen molar-refractivity contribution in [2.75, 3.05) is 36.4 Å². The maximum Gasteiger partial charge on any atom is 0.224 e. The molecular weight excluding hydrogens is 512 g/mol. The summed E-state index contributed by atoms with van der Waals surface area (Å²) in [5, 5.41) is 16.3. The van der Waals surface area contributed by atoms with Crippen LogP contribution in [0.25, 0.3) is 44.5 Å². The van der Waals surface area contributed by atoms with Crippen molar-refractivity contribution in [2.45, 2.75) is 45.4 Å². The van der Waals surface area contributed by atoms with Gasteiger partial charge in [-0.1, -0.05) is 6.07 Å². The third-order valence-corrected chi connectivity index (χ3v) is 8.53. The molecule has 0 radical (unpaired) electrons. The van der Waals surface area contributed by atoms with Crippen LogP contribution in [-0.4, -0.2) is 57.2 Å². The lowest BCUT2D eigenvalue weighted by molar-refractivity contribution is -0.117. The largest absolute Gasteiger partial charge is 0.370 e. The standard InChI is InChI=1S/C32H36N8O/c1-20-11-22(14-24(12-20)36-30(41)13-21-5-7-33-8-6-21)23-15-26-31(38-39-32(26)35-17-23)27-16-25-28(37-27)18-34-19-29(25)40-9-3-2-4-10-40/h11-12,14-19,21,33,37H,2-10,13H2,1H3,(H,36,41)(H,35,38,39). The fraction of sp³-hybridized carbons (Fsp3) is 0.375. The number of fused-ring (bicyclic) bond motifs is 2. The van der Waals surface area contributed by atoms with Crippen LogP contribution in [0.3, 0.4) is 0 Å². The van der Waals surface area contributed by atoms with Crippen LogP contribution in [0.5, 0.6) is 0 Å². The van der Waals surface area contributed by atoms with Crippen molar-refractivity contribution in [2.24, 2.45) is 5.92 Å². The second-order valence-corrected chi connectivity index (χ2v) is 11.6. The van der Waals surface area contributed by atoms with Crippen LogP contribution in [-0.2, 0) is 4.79 Å². The zero-order chi connectivity index (χ0) is 27.8. The molecular formula is C32H36N8O. The topological polar surface area (TPSA) is 115 Å². The van der Waals surface area contributed by atoms with E-state index in [2.05, 4.69) is 65.8 Å². The fourth-order valence-corrected chi connectivity index (χ4v) is 6.40. The first-order valence-electron chi connectivity index (χ1n) is 14.8. The van der Waals surface area contributed by atoms with Gasteiger partial charge in [-0.3, -0.25) is 14.9 Å². The van der Waals surface area contributed by atoms with Crippen LogP contribution in [0.15, 0.2) is 48.9 Å². The lowest BCUT2D eigenvalue weighted by atomic mass is 9.94. The molecule has 2 aliphatic heterocycles. The molecule has 1 amide bonds. The van der Waals surface area contributed by atoms with Crippen LogP contribution in [0, 0.1) is 12.8 Å². The lowest BCUT2D eigenvalue weighted by Gasteiger charge is -2.28. The lowest BCUT2D eigenvalue weighted by Crippen LogP contribution is -2.30. The first kappa shape index (κ1) is 25.7. The minimum atomic E-state index is 0.0800. The molecule has 2 saturated heterocycles. The molecule has 9 heteroatoms. The second-order valence-electron chi connectivity index (χ2n) is 11.6. The molecule has 0 saturated carbocycles. The zero-order valence-corrected chi connectivity index (χ0v) is 23.5. The average Bonchev–Trinajstić information content (AvgIpc) is 3.61. The molecule has 0 unspecified atom stereocenters. The Labute approximate surface area is 239 Å². The summed E-state index contributed by atoms with van der Waals surface area (Å²) in [6.07, 6.45) is 12.1. The quantitative estimate of drug-likeness (QED) is 0.213.